The van der Waals surface area contributed by atoms with Crippen LogP contribution in [0.15, 0.2) is 22.7 Å². The van der Waals surface area contributed by atoms with Crippen LogP contribution >= 0.6 is 15.9 Å². The first kappa shape index (κ1) is 9.64. The van der Waals surface area contributed by atoms with Gasteiger partial charge in [0.05, 0.1) is 0 Å². The smallest absolute Gasteiger partial charge is 0.124 e. The topological polar surface area (TPSA) is 35.2 Å². The van der Waals surface area contributed by atoms with Gasteiger partial charge in [0.2, 0.25) is 0 Å². The molecule has 66 valence electrons. The second-order valence-corrected chi connectivity index (χ2v) is 3.30. The minimum atomic E-state index is -0.283. The van der Waals surface area contributed by atoms with Gasteiger partial charge < -0.3 is 0 Å². The third-order valence-electron chi connectivity index (χ3n) is 1.60. The lowest BCUT2D eigenvalue weighted by atomic mass is 10.1. The molecule has 1 aromatic rings. The quantitative estimate of drug-likeness (QED) is 0.798. The van der Waals surface area contributed by atoms with Gasteiger partial charge in [-0.3, -0.25) is 4.84 Å². The molecular formula is C8H9BrFNO. The Morgan fingerprint density at radius 1 is 1.58 bits per heavy atom. The zero-order valence-corrected chi connectivity index (χ0v) is 8.14. The lowest BCUT2D eigenvalue weighted by Crippen LogP contribution is -2.05. The molecule has 12 heavy (non-hydrogen) atoms. The molecule has 2 N–H and O–H groups in total. The van der Waals surface area contributed by atoms with Crippen molar-refractivity contribution in [2.45, 2.75) is 13.0 Å². The van der Waals surface area contributed by atoms with Crippen molar-refractivity contribution < 1.29 is 9.23 Å². The molecule has 0 spiro atoms. The average Bonchev–Trinajstić information content (AvgIpc) is 2.03. The molecule has 0 saturated heterocycles. The molecule has 1 rings (SSSR count). The number of halogens is 2. The predicted molar refractivity (Wildman–Crippen MR) is 47.8 cm³/mol. The maximum absolute atomic E-state index is 12.6. The van der Waals surface area contributed by atoms with E-state index < -0.39 is 0 Å². The summed E-state index contributed by atoms with van der Waals surface area (Å²) in [6.07, 6.45) is -0.236. The number of hydrogen-bond acceptors (Lipinski definition) is 2. The third-order valence-corrected chi connectivity index (χ3v) is 2.29. The van der Waals surface area contributed by atoms with Gasteiger partial charge in [-0.2, -0.15) is 0 Å². The van der Waals surface area contributed by atoms with Crippen LogP contribution in [0.1, 0.15) is 18.6 Å². The molecule has 1 aromatic carbocycles. The van der Waals surface area contributed by atoms with E-state index in [1.54, 1.807) is 13.0 Å². The molecule has 1 unspecified atom stereocenters. The van der Waals surface area contributed by atoms with Crippen molar-refractivity contribution in [2.24, 2.45) is 5.90 Å². The van der Waals surface area contributed by atoms with E-state index in [4.69, 9.17) is 5.90 Å². The fourth-order valence-corrected chi connectivity index (χ4v) is 1.58. The molecule has 1 atom stereocenters. The molecule has 2 nitrogen and oxygen atoms in total. The lowest BCUT2D eigenvalue weighted by Gasteiger charge is -2.10. The zero-order chi connectivity index (χ0) is 9.14. The van der Waals surface area contributed by atoms with Crippen molar-refractivity contribution in [1.82, 2.24) is 0 Å². The number of nitrogens with two attached hydrogens (primary N) is 1. The summed E-state index contributed by atoms with van der Waals surface area (Å²) in [4.78, 5) is 4.60. The number of rotatable bonds is 2. The zero-order valence-electron chi connectivity index (χ0n) is 6.55. The monoisotopic (exact) mass is 233 g/mol. The lowest BCUT2D eigenvalue weighted by molar-refractivity contribution is 0.0659. The fourth-order valence-electron chi connectivity index (χ4n) is 0.904. The van der Waals surface area contributed by atoms with E-state index in [2.05, 4.69) is 20.8 Å². The van der Waals surface area contributed by atoms with Gasteiger partial charge in [0.15, 0.2) is 0 Å². The highest BCUT2D eigenvalue weighted by atomic mass is 79.9. The van der Waals surface area contributed by atoms with Crippen molar-refractivity contribution in [2.75, 3.05) is 0 Å². The van der Waals surface area contributed by atoms with Crippen molar-refractivity contribution in [3.63, 3.8) is 0 Å². The molecule has 0 aliphatic carbocycles. The summed E-state index contributed by atoms with van der Waals surface area (Å²) < 4.78 is 13.3. The highest BCUT2D eigenvalue weighted by Gasteiger charge is 2.08. The molecule has 0 aliphatic heterocycles. The van der Waals surface area contributed by atoms with Crippen LogP contribution in [0.2, 0.25) is 0 Å². The third kappa shape index (κ3) is 2.03. The normalized spacial score (nSPS) is 13.0. The molecule has 0 aliphatic rings. The summed E-state index contributed by atoms with van der Waals surface area (Å²) in [7, 11) is 0. The van der Waals surface area contributed by atoms with Gasteiger partial charge in [0.25, 0.3) is 0 Å². The molecular weight excluding hydrogens is 225 g/mol. The van der Waals surface area contributed by atoms with Crippen molar-refractivity contribution >= 4 is 15.9 Å². The fraction of sp³-hybridized carbons (Fsp3) is 0.250. The number of hydrogen-bond donors (Lipinski definition) is 1. The van der Waals surface area contributed by atoms with Gasteiger partial charge >= 0.3 is 0 Å². The average molecular weight is 234 g/mol. The molecule has 0 fully saturated rings. The van der Waals surface area contributed by atoms with Crippen molar-refractivity contribution in [1.29, 1.82) is 0 Å². The Labute approximate surface area is 78.6 Å². The van der Waals surface area contributed by atoms with Crippen LogP contribution in [-0.4, -0.2) is 0 Å². The Kier molecular flexibility index (Phi) is 3.20. The summed E-state index contributed by atoms with van der Waals surface area (Å²) in [5, 5.41) is 0. The van der Waals surface area contributed by atoms with E-state index >= 15 is 0 Å². The van der Waals surface area contributed by atoms with Crippen molar-refractivity contribution in [3.05, 3.63) is 34.1 Å². The Hall–Kier alpha value is -0.450. The summed E-state index contributed by atoms with van der Waals surface area (Å²) in [5.74, 6) is 4.71. The Morgan fingerprint density at radius 3 is 2.75 bits per heavy atom. The maximum atomic E-state index is 12.6. The second-order valence-electron chi connectivity index (χ2n) is 2.44. The Balaban J connectivity index is 3.01. The van der Waals surface area contributed by atoms with Gasteiger partial charge in [-0.05, 0) is 24.6 Å². The number of benzene rings is 1. The molecule has 4 heteroatoms. The molecule has 0 amide bonds. The standard InChI is InChI=1S/C8H9BrFNO/c1-5(12-11)7-3-2-6(10)4-8(7)9/h2-5H,11H2,1H3. The molecule has 0 aromatic heterocycles. The van der Waals surface area contributed by atoms with Gasteiger partial charge in [-0.25, -0.2) is 10.3 Å². The highest BCUT2D eigenvalue weighted by Crippen LogP contribution is 2.25. The summed E-state index contributed by atoms with van der Waals surface area (Å²) >= 11 is 3.21. The Bertz CT molecular complexity index is 280. The van der Waals surface area contributed by atoms with Crippen LogP contribution in [0, 0.1) is 5.82 Å². The van der Waals surface area contributed by atoms with E-state index in [-0.39, 0.29) is 11.9 Å². The van der Waals surface area contributed by atoms with E-state index in [1.807, 2.05) is 0 Å². The van der Waals surface area contributed by atoms with Crippen LogP contribution in [0.5, 0.6) is 0 Å². The molecule has 0 heterocycles. The van der Waals surface area contributed by atoms with Gasteiger partial charge in [-0.1, -0.05) is 22.0 Å². The maximum Gasteiger partial charge on any atom is 0.124 e. The van der Waals surface area contributed by atoms with Crippen molar-refractivity contribution in [3.8, 4) is 0 Å². The highest BCUT2D eigenvalue weighted by molar-refractivity contribution is 9.10. The van der Waals surface area contributed by atoms with E-state index in [1.165, 1.54) is 12.1 Å². The second kappa shape index (κ2) is 3.98. The van der Waals surface area contributed by atoms with Gasteiger partial charge in [-0.15, -0.1) is 0 Å². The summed E-state index contributed by atoms with van der Waals surface area (Å²) in [5.41, 5.74) is 0.832. The Morgan fingerprint density at radius 2 is 2.25 bits per heavy atom. The van der Waals surface area contributed by atoms with Gasteiger partial charge in [0.1, 0.15) is 11.9 Å². The van der Waals surface area contributed by atoms with Crippen LogP contribution in [0.25, 0.3) is 0 Å². The predicted octanol–water partition coefficient (Wildman–Crippen LogP) is 2.54. The summed E-state index contributed by atoms with van der Waals surface area (Å²) in [6, 6.07) is 4.39. The largest absolute Gasteiger partial charge is 0.297 e. The SMILES string of the molecule is CC(ON)c1ccc(F)cc1Br. The van der Waals surface area contributed by atoms with Crippen LogP contribution in [0.4, 0.5) is 4.39 Å². The molecule has 0 bridgehead atoms. The van der Waals surface area contributed by atoms with E-state index in [0.29, 0.717) is 4.47 Å². The minimum absolute atomic E-state index is 0.236. The molecule has 0 radical (unpaired) electrons. The minimum Gasteiger partial charge on any atom is -0.297 e. The first-order valence-corrected chi connectivity index (χ1v) is 4.25. The molecule has 0 saturated carbocycles. The van der Waals surface area contributed by atoms with Crippen LogP contribution in [0.3, 0.4) is 0 Å². The van der Waals surface area contributed by atoms with E-state index in [0.717, 1.165) is 5.56 Å². The van der Waals surface area contributed by atoms with E-state index in [9.17, 15) is 4.39 Å². The first-order valence-electron chi connectivity index (χ1n) is 3.45. The van der Waals surface area contributed by atoms with Crippen LogP contribution < -0.4 is 5.90 Å². The summed E-state index contributed by atoms with van der Waals surface area (Å²) in [6.45, 7) is 1.79. The first-order chi connectivity index (χ1) is 5.65. The van der Waals surface area contributed by atoms with Gasteiger partial charge in [0, 0.05) is 4.47 Å². The van der Waals surface area contributed by atoms with Crippen LogP contribution in [-0.2, 0) is 4.84 Å².